The third kappa shape index (κ3) is 2.77. The van der Waals surface area contributed by atoms with E-state index in [1.54, 1.807) is 6.20 Å². The zero-order valence-electron chi connectivity index (χ0n) is 11.6. The molecule has 0 aliphatic rings. The average molecular weight is 259 g/mol. The molecule has 5 nitrogen and oxygen atoms in total. The smallest absolute Gasteiger partial charge is 0.124 e. The third-order valence-electron chi connectivity index (χ3n) is 3.29. The second-order valence-electron chi connectivity index (χ2n) is 5.71. The van der Waals surface area contributed by atoms with Crippen LogP contribution >= 0.6 is 0 Å². The Labute approximate surface area is 113 Å². The minimum absolute atomic E-state index is 0.138. The van der Waals surface area contributed by atoms with Gasteiger partial charge in [-0.3, -0.25) is 10.9 Å². The summed E-state index contributed by atoms with van der Waals surface area (Å²) in [5.74, 6) is 6.17. The molecule has 0 spiro atoms. The van der Waals surface area contributed by atoms with E-state index in [9.17, 15) is 0 Å². The van der Waals surface area contributed by atoms with Crippen molar-refractivity contribution in [3.63, 3.8) is 0 Å². The van der Waals surface area contributed by atoms with Crippen LogP contribution in [-0.2, 0) is 5.41 Å². The van der Waals surface area contributed by atoms with Crippen molar-refractivity contribution in [3.05, 3.63) is 47.2 Å². The van der Waals surface area contributed by atoms with Gasteiger partial charge in [-0.25, -0.2) is 5.43 Å². The Morgan fingerprint density at radius 2 is 1.84 bits per heavy atom. The molecule has 102 valence electrons. The van der Waals surface area contributed by atoms with Crippen molar-refractivity contribution in [2.75, 3.05) is 5.73 Å². The van der Waals surface area contributed by atoms with E-state index in [1.165, 1.54) is 5.56 Å². The highest BCUT2D eigenvalue weighted by Crippen LogP contribution is 2.27. The SMILES string of the molecule is CC(C)(C)c1ccc(C(NN)c2cn[nH]c2N)cc1. The first-order valence-corrected chi connectivity index (χ1v) is 6.29. The summed E-state index contributed by atoms with van der Waals surface area (Å²) in [7, 11) is 0. The molecule has 0 aliphatic heterocycles. The molecule has 1 aromatic heterocycles. The predicted octanol–water partition coefficient (Wildman–Crippen LogP) is 1.84. The van der Waals surface area contributed by atoms with Gasteiger partial charge in [-0.1, -0.05) is 45.0 Å². The number of H-pyrrole nitrogens is 1. The average Bonchev–Trinajstić information content (AvgIpc) is 2.76. The van der Waals surface area contributed by atoms with Crippen LogP contribution < -0.4 is 17.0 Å². The molecule has 0 saturated heterocycles. The summed E-state index contributed by atoms with van der Waals surface area (Å²) in [6.07, 6.45) is 1.69. The van der Waals surface area contributed by atoms with Gasteiger partial charge in [0.25, 0.3) is 0 Å². The Kier molecular flexibility index (Phi) is 3.59. The zero-order valence-corrected chi connectivity index (χ0v) is 11.6. The molecule has 1 unspecified atom stereocenters. The highest BCUT2D eigenvalue weighted by molar-refractivity contribution is 5.45. The molecule has 1 atom stereocenters. The van der Waals surface area contributed by atoms with Crippen LogP contribution in [0.25, 0.3) is 0 Å². The van der Waals surface area contributed by atoms with Crippen LogP contribution in [0.3, 0.4) is 0 Å². The molecule has 0 amide bonds. The van der Waals surface area contributed by atoms with Gasteiger partial charge in [0.2, 0.25) is 0 Å². The van der Waals surface area contributed by atoms with Crippen molar-refractivity contribution in [2.24, 2.45) is 5.84 Å². The van der Waals surface area contributed by atoms with E-state index >= 15 is 0 Å². The van der Waals surface area contributed by atoms with E-state index < -0.39 is 0 Å². The number of anilines is 1. The molecule has 6 N–H and O–H groups in total. The van der Waals surface area contributed by atoms with Gasteiger partial charge >= 0.3 is 0 Å². The summed E-state index contributed by atoms with van der Waals surface area (Å²) in [4.78, 5) is 0. The maximum Gasteiger partial charge on any atom is 0.124 e. The van der Waals surface area contributed by atoms with Gasteiger partial charge in [0, 0.05) is 5.56 Å². The quantitative estimate of drug-likeness (QED) is 0.500. The minimum Gasteiger partial charge on any atom is -0.384 e. The standard InChI is InChI=1S/C14H21N5/c1-14(2,3)10-6-4-9(5-7-10)12(18-16)11-8-17-19-13(11)15/h4-8,12,18H,16H2,1-3H3,(H3,15,17,19). The number of nitrogens with two attached hydrogens (primary N) is 2. The van der Waals surface area contributed by atoms with E-state index in [0.29, 0.717) is 5.82 Å². The summed E-state index contributed by atoms with van der Waals surface area (Å²) < 4.78 is 0. The van der Waals surface area contributed by atoms with Crippen LogP contribution in [0.2, 0.25) is 0 Å². The first-order valence-electron chi connectivity index (χ1n) is 6.29. The zero-order chi connectivity index (χ0) is 14.0. The monoisotopic (exact) mass is 259 g/mol. The number of benzene rings is 1. The fraction of sp³-hybridized carbons (Fsp3) is 0.357. The lowest BCUT2D eigenvalue weighted by Crippen LogP contribution is -2.29. The van der Waals surface area contributed by atoms with Crippen LogP contribution in [0.5, 0.6) is 0 Å². The molecule has 2 aromatic rings. The number of hydrogen-bond donors (Lipinski definition) is 4. The summed E-state index contributed by atoms with van der Waals surface area (Å²) >= 11 is 0. The van der Waals surface area contributed by atoms with E-state index in [4.69, 9.17) is 11.6 Å². The Morgan fingerprint density at radius 3 is 2.26 bits per heavy atom. The lowest BCUT2D eigenvalue weighted by atomic mass is 9.86. The lowest BCUT2D eigenvalue weighted by Gasteiger charge is -2.21. The topological polar surface area (TPSA) is 92.7 Å². The van der Waals surface area contributed by atoms with Gasteiger partial charge in [-0.05, 0) is 16.5 Å². The third-order valence-corrected chi connectivity index (χ3v) is 3.29. The van der Waals surface area contributed by atoms with E-state index in [1.807, 2.05) is 0 Å². The summed E-state index contributed by atoms with van der Waals surface area (Å²) in [6, 6.07) is 8.22. The molecule has 19 heavy (non-hydrogen) atoms. The van der Waals surface area contributed by atoms with Gasteiger partial charge in [0.1, 0.15) is 5.82 Å². The number of aromatic nitrogens is 2. The molecular formula is C14H21N5. The Bertz CT molecular complexity index is 536. The highest BCUT2D eigenvalue weighted by Gasteiger charge is 2.18. The first kappa shape index (κ1) is 13.6. The normalized spacial score (nSPS) is 13.5. The van der Waals surface area contributed by atoms with Gasteiger partial charge in [0.15, 0.2) is 0 Å². The second-order valence-corrected chi connectivity index (χ2v) is 5.71. The van der Waals surface area contributed by atoms with Crippen LogP contribution in [0, 0.1) is 0 Å². The molecule has 0 fully saturated rings. The van der Waals surface area contributed by atoms with Crippen molar-refractivity contribution >= 4 is 5.82 Å². The fourth-order valence-electron chi connectivity index (χ4n) is 2.08. The van der Waals surface area contributed by atoms with Crippen molar-refractivity contribution in [3.8, 4) is 0 Å². The number of nitrogens with zero attached hydrogens (tertiary/aromatic N) is 1. The number of nitrogen functional groups attached to an aromatic ring is 1. The van der Waals surface area contributed by atoms with Gasteiger partial charge in [-0.15, -0.1) is 0 Å². The van der Waals surface area contributed by atoms with Crippen LogP contribution in [0.4, 0.5) is 5.82 Å². The van der Waals surface area contributed by atoms with Crippen LogP contribution in [0.1, 0.15) is 43.5 Å². The van der Waals surface area contributed by atoms with E-state index in [0.717, 1.165) is 11.1 Å². The predicted molar refractivity (Wildman–Crippen MR) is 77.3 cm³/mol. The Morgan fingerprint density at radius 1 is 1.21 bits per heavy atom. The summed E-state index contributed by atoms with van der Waals surface area (Å²) in [5, 5.41) is 6.65. The Hall–Kier alpha value is -1.85. The van der Waals surface area contributed by atoms with Crippen molar-refractivity contribution in [2.45, 2.75) is 32.2 Å². The molecule has 5 heteroatoms. The number of nitrogens with one attached hydrogen (secondary N) is 2. The largest absolute Gasteiger partial charge is 0.384 e. The number of rotatable bonds is 3. The fourth-order valence-corrected chi connectivity index (χ4v) is 2.08. The molecule has 1 aromatic carbocycles. The lowest BCUT2D eigenvalue weighted by molar-refractivity contribution is 0.588. The molecule has 0 aliphatic carbocycles. The molecule has 0 saturated carbocycles. The number of hydrogen-bond acceptors (Lipinski definition) is 4. The maximum atomic E-state index is 5.84. The minimum atomic E-state index is -0.159. The van der Waals surface area contributed by atoms with E-state index in [-0.39, 0.29) is 11.5 Å². The van der Waals surface area contributed by atoms with E-state index in [2.05, 4.69) is 60.7 Å². The maximum absolute atomic E-state index is 5.84. The molecule has 0 radical (unpaired) electrons. The molecule has 0 bridgehead atoms. The molecular weight excluding hydrogens is 238 g/mol. The van der Waals surface area contributed by atoms with Crippen molar-refractivity contribution in [1.82, 2.24) is 15.6 Å². The second kappa shape index (κ2) is 5.03. The Balaban J connectivity index is 2.33. The highest BCUT2D eigenvalue weighted by atomic mass is 15.2. The van der Waals surface area contributed by atoms with Gasteiger partial charge in [-0.2, -0.15) is 5.10 Å². The van der Waals surface area contributed by atoms with Crippen molar-refractivity contribution < 1.29 is 0 Å². The molecule has 1 heterocycles. The molecule has 2 rings (SSSR count). The van der Waals surface area contributed by atoms with Gasteiger partial charge < -0.3 is 5.73 Å². The number of hydrazine groups is 1. The van der Waals surface area contributed by atoms with Crippen LogP contribution in [-0.4, -0.2) is 10.2 Å². The van der Waals surface area contributed by atoms with Gasteiger partial charge in [0.05, 0.1) is 12.2 Å². The van der Waals surface area contributed by atoms with Crippen molar-refractivity contribution in [1.29, 1.82) is 0 Å². The summed E-state index contributed by atoms with van der Waals surface area (Å²) in [5.41, 5.74) is 12.0. The first-order chi connectivity index (χ1) is 8.93. The van der Waals surface area contributed by atoms with Crippen LogP contribution in [0.15, 0.2) is 30.5 Å². The summed E-state index contributed by atoms with van der Waals surface area (Å²) in [6.45, 7) is 6.57. The number of aromatic amines is 1.